The van der Waals surface area contributed by atoms with Gasteiger partial charge in [0.1, 0.15) is 0 Å². The molecule has 2 aromatic rings. The van der Waals surface area contributed by atoms with Crippen LogP contribution < -0.4 is 5.32 Å². The summed E-state index contributed by atoms with van der Waals surface area (Å²) in [5.41, 5.74) is 1.01. The summed E-state index contributed by atoms with van der Waals surface area (Å²) in [7, 11) is 0. The fourth-order valence-corrected chi connectivity index (χ4v) is 2.63. The van der Waals surface area contributed by atoms with Crippen LogP contribution >= 0.6 is 11.8 Å². The van der Waals surface area contributed by atoms with Crippen LogP contribution in [-0.4, -0.2) is 28.5 Å². The fraction of sp³-hybridized carbons (Fsp3) is 0.500. The van der Waals surface area contributed by atoms with Gasteiger partial charge in [0.15, 0.2) is 0 Å². The third-order valence-electron chi connectivity index (χ3n) is 3.01. The van der Waals surface area contributed by atoms with Crippen LogP contribution in [-0.2, 0) is 6.42 Å². The number of hydrogen-bond donors (Lipinski definition) is 1. The van der Waals surface area contributed by atoms with E-state index in [4.69, 9.17) is 4.52 Å². The maximum Gasteiger partial charge on any atom is 0.227 e. The lowest BCUT2D eigenvalue weighted by atomic mass is 10.2. The molecule has 0 bridgehead atoms. The molecule has 0 radical (unpaired) electrons. The largest absolute Gasteiger partial charge is 0.339 e. The topological polar surface area (TPSA) is 51.0 Å². The van der Waals surface area contributed by atoms with E-state index in [1.54, 1.807) is 0 Å². The van der Waals surface area contributed by atoms with Gasteiger partial charge in [0.05, 0.1) is 0 Å². The Bertz CT molecular complexity index is 537. The Morgan fingerprint density at radius 3 is 2.67 bits per heavy atom. The minimum atomic E-state index is 0.516. The average molecular weight is 305 g/mol. The summed E-state index contributed by atoms with van der Waals surface area (Å²) in [6.45, 7) is 7.41. The van der Waals surface area contributed by atoms with Gasteiger partial charge in [-0.05, 0) is 43.0 Å². The van der Waals surface area contributed by atoms with Crippen LogP contribution in [0.3, 0.4) is 0 Å². The molecule has 5 heteroatoms. The van der Waals surface area contributed by atoms with Crippen LogP contribution in [0.15, 0.2) is 33.7 Å². The summed E-state index contributed by atoms with van der Waals surface area (Å²) < 4.78 is 5.31. The highest BCUT2D eigenvalue weighted by Gasteiger charge is 2.08. The molecular formula is C16H23N3OS. The molecule has 0 aliphatic rings. The second kappa shape index (κ2) is 8.20. The predicted octanol–water partition coefficient (Wildman–Crippen LogP) is 3.78. The molecule has 0 spiro atoms. The Balaban J connectivity index is 1.89. The molecule has 0 saturated carbocycles. The van der Waals surface area contributed by atoms with Gasteiger partial charge in [0, 0.05) is 22.9 Å². The zero-order valence-corrected chi connectivity index (χ0v) is 13.7. The molecule has 4 nitrogen and oxygen atoms in total. The van der Waals surface area contributed by atoms with E-state index in [0.29, 0.717) is 17.8 Å². The van der Waals surface area contributed by atoms with Gasteiger partial charge in [-0.25, -0.2) is 0 Å². The number of hydrogen-bond acceptors (Lipinski definition) is 5. The van der Waals surface area contributed by atoms with Crippen molar-refractivity contribution in [2.75, 3.05) is 12.3 Å². The standard InChI is InChI=1S/C16H23N3OS/c1-4-21-14-9-7-13(8-10-14)16-18-15(20-19-16)6-5-11-17-12(2)3/h7-10,12,17H,4-6,11H2,1-3H3. The second-order valence-electron chi connectivity index (χ2n) is 5.18. The van der Waals surface area contributed by atoms with E-state index >= 15 is 0 Å². The molecule has 1 aromatic carbocycles. The fourth-order valence-electron chi connectivity index (χ4n) is 1.97. The Labute approximate surface area is 130 Å². The molecule has 0 aliphatic heterocycles. The SMILES string of the molecule is CCSc1ccc(-c2noc(CCCNC(C)C)n2)cc1. The number of benzene rings is 1. The number of rotatable bonds is 8. The third kappa shape index (κ3) is 5.17. The Morgan fingerprint density at radius 1 is 1.24 bits per heavy atom. The number of nitrogens with one attached hydrogen (secondary N) is 1. The molecule has 1 aromatic heterocycles. The van der Waals surface area contributed by atoms with E-state index in [0.717, 1.165) is 30.7 Å². The lowest BCUT2D eigenvalue weighted by molar-refractivity contribution is 0.374. The number of aryl methyl sites for hydroxylation is 1. The van der Waals surface area contributed by atoms with E-state index in [9.17, 15) is 0 Å². The average Bonchev–Trinajstić information content (AvgIpc) is 2.93. The summed E-state index contributed by atoms with van der Waals surface area (Å²) in [4.78, 5) is 5.73. The van der Waals surface area contributed by atoms with E-state index in [1.165, 1.54) is 4.90 Å². The normalized spacial score (nSPS) is 11.2. The Hall–Kier alpha value is -1.33. The highest BCUT2D eigenvalue weighted by atomic mass is 32.2. The Morgan fingerprint density at radius 2 is 2.00 bits per heavy atom. The number of nitrogens with zero attached hydrogens (tertiary/aromatic N) is 2. The van der Waals surface area contributed by atoms with Crippen molar-refractivity contribution in [2.45, 2.75) is 44.6 Å². The van der Waals surface area contributed by atoms with Crippen molar-refractivity contribution in [3.8, 4) is 11.4 Å². The molecule has 1 heterocycles. The molecule has 0 fully saturated rings. The van der Waals surface area contributed by atoms with Crippen LogP contribution in [0.5, 0.6) is 0 Å². The summed E-state index contributed by atoms with van der Waals surface area (Å²) in [5, 5.41) is 7.44. The maximum absolute atomic E-state index is 5.31. The van der Waals surface area contributed by atoms with Gasteiger partial charge in [-0.1, -0.05) is 25.9 Å². The first-order valence-electron chi connectivity index (χ1n) is 7.48. The van der Waals surface area contributed by atoms with Crippen molar-refractivity contribution < 1.29 is 4.52 Å². The summed E-state index contributed by atoms with van der Waals surface area (Å²) in [6.07, 6.45) is 1.82. The van der Waals surface area contributed by atoms with Gasteiger partial charge < -0.3 is 9.84 Å². The van der Waals surface area contributed by atoms with Crippen molar-refractivity contribution in [1.82, 2.24) is 15.5 Å². The van der Waals surface area contributed by atoms with Crippen molar-refractivity contribution >= 4 is 11.8 Å². The van der Waals surface area contributed by atoms with Crippen molar-refractivity contribution in [2.24, 2.45) is 0 Å². The first kappa shape index (κ1) is 16.0. The van der Waals surface area contributed by atoms with Gasteiger partial charge >= 0.3 is 0 Å². The molecule has 2 rings (SSSR count). The first-order chi connectivity index (χ1) is 10.2. The lowest BCUT2D eigenvalue weighted by Gasteiger charge is -2.05. The first-order valence-corrected chi connectivity index (χ1v) is 8.46. The molecule has 0 saturated heterocycles. The van der Waals surface area contributed by atoms with Gasteiger partial charge in [-0.15, -0.1) is 11.8 Å². The second-order valence-corrected chi connectivity index (χ2v) is 6.52. The number of aromatic nitrogens is 2. The highest BCUT2D eigenvalue weighted by Crippen LogP contribution is 2.22. The van der Waals surface area contributed by atoms with Crippen LogP contribution in [0.2, 0.25) is 0 Å². The monoisotopic (exact) mass is 305 g/mol. The third-order valence-corrected chi connectivity index (χ3v) is 3.91. The summed E-state index contributed by atoms with van der Waals surface area (Å²) in [6, 6.07) is 8.82. The van der Waals surface area contributed by atoms with Gasteiger partial charge in [-0.3, -0.25) is 0 Å². The number of thioether (sulfide) groups is 1. The zero-order valence-electron chi connectivity index (χ0n) is 12.9. The van der Waals surface area contributed by atoms with Crippen molar-refractivity contribution in [3.05, 3.63) is 30.2 Å². The smallest absolute Gasteiger partial charge is 0.227 e. The van der Waals surface area contributed by atoms with Crippen LogP contribution in [0.1, 0.15) is 33.1 Å². The van der Waals surface area contributed by atoms with Gasteiger partial charge in [0.2, 0.25) is 11.7 Å². The molecule has 1 N–H and O–H groups in total. The van der Waals surface area contributed by atoms with Crippen molar-refractivity contribution in [3.63, 3.8) is 0 Å². The van der Waals surface area contributed by atoms with Crippen LogP contribution in [0.25, 0.3) is 11.4 Å². The zero-order chi connectivity index (χ0) is 15.1. The maximum atomic E-state index is 5.31. The molecule has 114 valence electrons. The summed E-state index contributed by atoms with van der Waals surface area (Å²) in [5.74, 6) is 2.47. The van der Waals surface area contributed by atoms with Crippen LogP contribution in [0.4, 0.5) is 0 Å². The summed E-state index contributed by atoms with van der Waals surface area (Å²) >= 11 is 1.83. The lowest BCUT2D eigenvalue weighted by Crippen LogP contribution is -2.23. The quantitative estimate of drug-likeness (QED) is 0.594. The minimum absolute atomic E-state index is 0.516. The van der Waals surface area contributed by atoms with Gasteiger partial charge in [-0.2, -0.15) is 4.98 Å². The molecular weight excluding hydrogens is 282 g/mol. The van der Waals surface area contributed by atoms with E-state index < -0.39 is 0 Å². The Kier molecular flexibility index (Phi) is 6.26. The van der Waals surface area contributed by atoms with E-state index in [-0.39, 0.29) is 0 Å². The molecule has 0 unspecified atom stereocenters. The van der Waals surface area contributed by atoms with E-state index in [2.05, 4.69) is 48.4 Å². The predicted molar refractivity (Wildman–Crippen MR) is 87.6 cm³/mol. The molecule has 21 heavy (non-hydrogen) atoms. The van der Waals surface area contributed by atoms with Gasteiger partial charge in [0.25, 0.3) is 0 Å². The highest BCUT2D eigenvalue weighted by molar-refractivity contribution is 7.99. The van der Waals surface area contributed by atoms with E-state index in [1.807, 2.05) is 23.9 Å². The molecule has 0 atom stereocenters. The minimum Gasteiger partial charge on any atom is -0.339 e. The van der Waals surface area contributed by atoms with Crippen LogP contribution in [0, 0.1) is 0 Å². The molecule has 0 aliphatic carbocycles. The van der Waals surface area contributed by atoms with Crippen molar-refractivity contribution in [1.29, 1.82) is 0 Å². The molecule has 0 amide bonds.